The molecule has 0 saturated carbocycles. The first-order valence-corrected chi connectivity index (χ1v) is 18.2. The fourth-order valence-electron chi connectivity index (χ4n) is 5.71. The second-order valence-corrected chi connectivity index (χ2v) is 13.8. The van der Waals surface area contributed by atoms with Gasteiger partial charge in [-0.3, -0.25) is 19.2 Å². The molecule has 2 rings (SSSR count). The number of ketones is 1. The van der Waals surface area contributed by atoms with Crippen LogP contribution in [0.15, 0.2) is 36.0 Å². The van der Waals surface area contributed by atoms with Crippen LogP contribution < -0.4 is 10.6 Å². The van der Waals surface area contributed by atoms with E-state index in [-0.39, 0.29) is 66.9 Å². The zero-order chi connectivity index (χ0) is 35.1. The van der Waals surface area contributed by atoms with Crippen molar-refractivity contribution in [1.29, 1.82) is 0 Å². The lowest BCUT2D eigenvalue weighted by Crippen LogP contribution is -2.58. The molecule has 0 spiro atoms. The van der Waals surface area contributed by atoms with Crippen molar-refractivity contribution in [3.63, 3.8) is 0 Å². The van der Waals surface area contributed by atoms with Crippen molar-refractivity contribution < 1.29 is 43.6 Å². The van der Waals surface area contributed by atoms with Gasteiger partial charge in [0.05, 0.1) is 36.0 Å². The second-order valence-electron chi connectivity index (χ2n) is 12.7. The van der Waals surface area contributed by atoms with Gasteiger partial charge < -0.3 is 35.1 Å². The molecule has 0 radical (unpaired) electrons. The molecule has 4 N–H and O–H groups in total. The van der Waals surface area contributed by atoms with Crippen LogP contribution in [0.3, 0.4) is 0 Å². The molecule has 2 saturated heterocycles. The van der Waals surface area contributed by atoms with Crippen LogP contribution in [0.4, 0.5) is 0 Å². The van der Waals surface area contributed by atoms with E-state index in [1.165, 1.54) is 30.8 Å². The van der Waals surface area contributed by atoms with Crippen molar-refractivity contribution in [3.8, 4) is 0 Å². The molecule has 0 aliphatic carbocycles. The molecule has 0 aromatic heterocycles. The van der Waals surface area contributed by atoms with Gasteiger partial charge in [0.2, 0.25) is 11.8 Å². The maximum atomic E-state index is 12.6. The van der Waals surface area contributed by atoms with Crippen molar-refractivity contribution in [2.24, 2.45) is 5.92 Å². The molecule has 0 aromatic rings. The molecule has 11 nitrogen and oxygen atoms in total. The number of allylic oxidation sites excluding steroid dienone is 2. The Morgan fingerprint density at radius 1 is 1.17 bits per heavy atom. The Bertz CT molecular complexity index is 1150. The Morgan fingerprint density at radius 3 is 2.55 bits per heavy atom. The van der Waals surface area contributed by atoms with Gasteiger partial charge in [-0.05, 0) is 58.3 Å². The lowest BCUT2D eigenvalue weighted by molar-refractivity contribution is -0.194. The van der Waals surface area contributed by atoms with Crippen LogP contribution in [0.1, 0.15) is 73.1 Å². The van der Waals surface area contributed by atoms with Crippen molar-refractivity contribution >= 4 is 46.9 Å². The van der Waals surface area contributed by atoms with E-state index >= 15 is 0 Å². The van der Waals surface area contributed by atoms with Gasteiger partial charge >= 0.3 is 5.97 Å². The molecule has 9 atom stereocenters. The van der Waals surface area contributed by atoms with Crippen LogP contribution >= 0.6 is 23.4 Å². The largest absolute Gasteiger partial charge is 0.459 e. The third kappa shape index (κ3) is 14.4. The van der Waals surface area contributed by atoms with E-state index < -0.39 is 36.0 Å². The number of hydrogen-bond donors (Lipinski definition) is 4. The number of thioether (sulfide) groups is 1. The first-order valence-electron chi connectivity index (χ1n) is 16.2. The van der Waals surface area contributed by atoms with Crippen molar-refractivity contribution in [2.75, 3.05) is 24.4 Å². The average Bonchev–Trinajstić information content (AvgIpc) is 3.00. The number of carbonyl (C=O) groups is 4. The van der Waals surface area contributed by atoms with E-state index in [9.17, 15) is 29.4 Å². The molecule has 0 aromatic carbocycles. The normalized spacial score (nSPS) is 30.7. The van der Waals surface area contributed by atoms with Gasteiger partial charge in [-0.15, -0.1) is 11.6 Å². The number of aliphatic hydroxyl groups is 2. The molecular weight excluding hydrogens is 648 g/mol. The van der Waals surface area contributed by atoms with Crippen LogP contribution in [0.5, 0.6) is 0 Å². The second kappa shape index (κ2) is 20.3. The summed E-state index contributed by atoms with van der Waals surface area (Å²) in [4.78, 5) is 47.7. The van der Waals surface area contributed by atoms with Crippen LogP contribution in [0, 0.1) is 5.92 Å². The minimum atomic E-state index is -1.60. The summed E-state index contributed by atoms with van der Waals surface area (Å²) in [6.45, 7) is 9.34. The lowest BCUT2D eigenvalue weighted by atomic mass is 9.83. The zero-order valence-corrected chi connectivity index (χ0v) is 30.0. The predicted octanol–water partition coefficient (Wildman–Crippen LogP) is 3.39. The molecule has 0 bridgehead atoms. The third-order valence-electron chi connectivity index (χ3n) is 8.34. The zero-order valence-electron chi connectivity index (χ0n) is 28.4. The highest BCUT2D eigenvalue weighted by molar-refractivity contribution is 7.99. The van der Waals surface area contributed by atoms with Crippen LogP contribution in [-0.4, -0.2) is 106 Å². The van der Waals surface area contributed by atoms with Crippen LogP contribution in [0.2, 0.25) is 0 Å². The summed E-state index contributed by atoms with van der Waals surface area (Å²) in [6, 6.07) is -0.163. The number of Topliss-reactive ketones (excluding diaryl/α,β-unsaturated/α-hetero) is 1. The Hall–Kier alpha value is -2.22. The van der Waals surface area contributed by atoms with Gasteiger partial charge in [-0.1, -0.05) is 30.7 Å². The number of rotatable bonds is 17. The van der Waals surface area contributed by atoms with E-state index in [2.05, 4.69) is 17.6 Å². The molecule has 0 unspecified atom stereocenters. The Labute approximate surface area is 288 Å². The Morgan fingerprint density at radius 2 is 1.89 bits per heavy atom. The third-order valence-corrected chi connectivity index (χ3v) is 9.36. The standard InChI is InChI=1S/C34H53ClN2O9S/c1-21(9-12-29-22(2)16-28(24(4)45-29)37-31(40)14-11-23(3)44-25(5)38)10-13-30-33(42)34(43,20-35)18-27(46-30)17-26(39)8-7-15-36-32(41)19-47-6/h9-11,13-14,22-24,27-30,33,42-43H,7-8,12,15-20H2,1-6H3,(H,36,41)(H,37,40)/b13-10+,14-11-,21-9+/t22-,23-,24+,27+,28+,29-,30+,33+,34+/m0/s1. The lowest BCUT2D eigenvalue weighted by Gasteiger charge is -2.43. The number of ether oxygens (including phenoxy) is 3. The van der Waals surface area contributed by atoms with Gasteiger partial charge in [0.1, 0.15) is 29.7 Å². The number of alkyl halides is 1. The maximum Gasteiger partial charge on any atom is 0.303 e. The maximum absolute atomic E-state index is 12.6. The van der Waals surface area contributed by atoms with E-state index in [1.807, 2.05) is 32.3 Å². The topological polar surface area (TPSA) is 160 Å². The minimum Gasteiger partial charge on any atom is -0.459 e. The molecule has 47 heavy (non-hydrogen) atoms. The van der Waals surface area contributed by atoms with Gasteiger partial charge in [0.25, 0.3) is 0 Å². The Balaban J connectivity index is 1.91. The monoisotopic (exact) mass is 700 g/mol. The number of esters is 1. The van der Waals surface area contributed by atoms with Crippen LogP contribution in [0.25, 0.3) is 0 Å². The number of hydrogen-bond acceptors (Lipinski definition) is 10. The number of nitrogens with one attached hydrogen (secondary N) is 2. The van der Waals surface area contributed by atoms with E-state index in [0.29, 0.717) is 25.1 Å². The van der Waals surface area contributed by atoms with Gasteiger partial charge in [0, 0.05) is 38.8 Å². The molecule has 2 aliphatic heterocycles. The predicted molar refractivity (Wildman–Crippen MR) is 183 cm³/mol. The van der Waals surface area contributed by atoms with Gasteiger partial charge in [-0.2, -0.15) is 11.8 Å². The first kappa shape index (κ1) is 41.0. The average molecular weight is 701 g/mol. The van der Waals surface area contributed by atoms with Crippen LogP contribution in [-0.2, 0) is 33.4 Å². The fraction of sp³-hybridized carbons (Fsp3) is 0.706. The number of carbonyl (C=O) groups excluding carboxylic acids is 4. The summed E-state index contributed by atoms with van der Waals surface area (Å²) in [5.41, 5.74) is -0.699. The molecule has 2 aliphatic rings. The highest BCUT2D eigenvalue weighted by Gasteiger charge is 2.47. The number of aliphatic hydroxyl groups excluding tert-OH is 1. The highest BCUT2D eigenvalue weighted by Crippen LogP contribution is 2.33. The molecule has 2 heterocycles. The summed E-state index contributed by atoms with van der Waals surface area (Å²) in [7, 11) is 0. The summed E-state index contributed by atoms with van der Waals surface area (Å²) in [6.07, 6.45) is 9.02. The van der Waals surface area contributed by atoms with Gasteiger partial charge in [0.15, 0.2) is 0 Å². The Kier molecular flexibility index (Phi) is 17.7. The van der Waals surface area contributed by atoms with E-state index in [0.717, 1.165) is 12.0 Å². The fourth-order valence-corrected chi connectivity index (χ4v) is 6.34. The first-order chi connectivity index (χ1) is 22.2. The molecule has 266 valence electrons. The molecule has 13 heteroatoms. The smallest absolute Gasteiger partial charge is 0.303 e. The number of amides is 2. The van der Waals surface area contributed by atoms with E-state index in [1.54, 1.807) is 13.0 Å². The molecule has 2 fully saturated rings. The highest BCUT2D eigenvalue weighted by atomic mass is 35.5. The SMILES string of the molecule is CSCC(=O)NCCCC(=O)C[C@@H]1C[C@@](O)(CCl)[C@H](O)[C@@H](/C=C/C(C)=C/C[C@@H]2O[C@H](C)[C@H](NC(=O)/C=C\[C@H](C)OC(C)=O)C[C@@H]2C)O1. The summed E-state index contributed by atoms with van der Waals surface area (Å²) >= 11 is 7.49. The molecule has 2 amide bonds. The van der Waals surface area contributed by atoms with Crippen molar-refractivity contribution in [3.05, 3.63) is 36.0 Å². The minimum absolute atomic E-state index is 0.0350. The summed E-state index contributed by atoms with van der Waals surface area (Å²) < 4.78 is 17.3. The summed E-state index contributed by atoms with van der Waals surface area (Å²) in [5, 5.41) is 27.7. The van der Waals surface area contributed by atoms with Crippen molar-refractivity contribution in [1.82, 2.24) is 10.6 Å². The molecular formula is C34H53ClN2O9S. The van der Waals surface area contributed by atoms with Gasteiger partial charge in [-0.25, -0.2) is 0 Å². The number of halogens is 1. The van der Waals surface area contributed by atoms with Crippen molar-refractivity contribution in [2.45, 2.75) is 121 Å². The van der Waals surface area contributed by atoms with E-state index in [4.69, 9.17) is 25.8 Å². The quantitative estimate of drug-likeness (QED) is 0.0582. The summed E-state index contributed by atoms with van der Waals surface area (Å²) in [5.74, 6) is -0.465.